The van der Waals surface area contributed by atoms with E-state index in [1.54, 1.807) is 7.11 Å². The zero-order valence-electron chi connectivity index (χ0n) is 13.9. The summed E-state index contributed by atoms with van der Waals surface area (Å²) in [6.45, 7) is 5.84. The molecule has 2 rings (SSSR count). The maximum atomic E-state index is 5.23. The van der Waals surface area contributed by atoms with Gasteiger partial charge in [-0.1, -0.05) is 38.8 Å². The van der Waals surface area contributed by atoms with Crippen LogP contribution in [0.15, 0.2) is 24.3 Å². The van der Waals surface area contributed by atoms with Gasteiger partial charge in [-0.25, -0.2) is 0 Å². The fourth-order valence-corrected chi connectivity index (χ4v) is 3.68. The highest BCUT2D eigenvalue weighted by molar-refractivity contribution is 5.27. The predicted molar refractivity (Wildman–Crippen MR) is 89.9 cm³/mol. The number of methoxy groups -OCH3 is 1. The smallest absolute Gasteiger partial charge is 0.118 e. The van der Waals surface area contributed by atoms with Gasteiger partial charge in [-0.2, -0.15) is 0 Å². The Morgan fingerprint density at radius 3 is 2.57 bits per heavy atom. The first-order valence-electron chi connectivity index (χ1n) is 8.61. The van der Waals surface area contributed by atoms with Crippen LogP contribution < -0.4 is 10.1 Å². The third-order valence-electron chi connectivity index (χ3n) is 5.00. The van der Waals surface area contributed by atoms with E-state index in [9.17, 15) is 0 Å². The van der Waals surface area contributed by atoms with E-state index in [0.717, 1.165) is 30.6 Å². The predicted octanol–water partition coefficient (Wildman–Crippen LogP) is 4.43. The highest BCUT2D eigenvalue weighted by atomic mass is 16.5. The molecule has 0 aromatic heterocycles. The minimum absolute atomic E-state index is 0.685. The molecule has 0 bridgehead atoms. The van der Waals surface area contributed by atoms with E-state index in [2.05, 4.69) is 43.4 Å². The van der Waals surface area contributed by atoms with Gasteiger partial charge in [0.15, 0.2) is 0 Å². The number of aryl methyl sites for hydroxylation is 1. The molecular formula is C19H31NO. The maximum absolute atomic E-state index is 5.23. The molecule has 0 heterocycles. The minimum Gasteiger partial charge on any atom is -0.497 e. The van der Waals surface area contributed by atoms with Gasteiger partial charge in [-0.15, -0.1) is 0 Å². The number of hydrogen-bond donors (Lipinski definition) is 1. The summed E-state index contributed by atoms with van der Waals surface area (Å²) in [6, 6.07) is 9.23. The van der Waals surface area contributed by atoms with Crippen LogP contribution in [-0.4, -0.2) is 19.7 Å². The van der Waals surface area contributed by atoms with Crippen LogP contribution in [0.3, 0.4) is 0 Å². The van der Waals surface area contributed by atoms with Gasteiger partial charge in [0.1, 0.15) is 5.75 Å². The van der Waals surface area contributed by atoms with Crippen molar-refractivity contribution < 1.29 is 4.74 Å². The molecule has 0 spiro atoms. The van der Waals surface area contributed by atoms with E-state index in [4.69, 9.17) is 4.74 Å². The summed E-state index contributed by atoms with van der Waals surface area (Å²) < 4.78 is 5.23. The Labute approximate surface area is 130 Å². The number of hydrogen-bond acceptors (Lipinski definition) is 2. The topological polar surface area (TPSA) is 21.3 Å². The van der Waals surface area contributed by atoms with Crippen LogP contribution in [0.5, 0.6) is 5.75 Å². The van der Waals surface area contributed by atoms with Gasteiger partial charge in [0.25, 0.3) is 0 Å². The summed E-state index contributed by atoms with van der Waals surface area (Å²) in [6.07, 6.45) is 7.87. The lowest BCUT2D eigenvalue weighted by Gasteiger charge is -2.28. The fraction of sp³-hybridized carbons (Fsp3) is 0.684. The molecule has 0 saturated heterocycles. The summed E-state index contributed by atoms with van der Waals surface area (Å²) >= 11 is 0. The highest BCUT2D eigenvalue weighted by Gasteiger charge is 2.30. The normalized spacial score (nSPS) is 23.2. The van der Waals surface area contributed by atoms with Crippen molar-refractivity contribution in [3.05, 3.63) is 29.8 Å². The van der Waals surface area contributed by atoms with Crippen LogP contribution in [0, 0.1) is 11.8 Å². The summed E-state index contributed by atoms with van der Waals surface area (Å²) in [5.41, 5.74) is 1.42. The molecule has 1 aromatic carbocycles. The van der Waals surface area contributed by atoms with Gasteiger partial charge in [0, 0.05) is 6.04 Å². The van der Waals surface area contributed by atoms with Gasteiger partial charge >= 0.3 is 0 Å². The second-order valence-electron chi connectivity index (χ2n) is 6.52. The molecule has 118 valence electrons. The van der Waals surface area contributed by atoms with Crippen molar-refractivity contribution in [1.82, 2.24) is 5.32 Å². The second-order valence-corrected chi connectivity index (χ2v) is 6.52. The zero-order valence-corrected chi connectivity index (χ0v) is 13.9. The molecule has 1 N–H and O–H groups in total. The number of rotatable bonds is 8. The Balaban J connectivity index is 1.90. The van der Waals surface area contributed by atoms with Crippen LogP contribution >= 0.6 is 0 Å². The summed E-state index contributed by atoms with van der Waals surface area (Å²) in [4.78, 5) is 0. The largest absolute Gasteiger partial charge is 0.497 e. The standard InChI is InChI=1S/C19H31NO/c1-4-14-20-19(18-7-5-6-15(18)2)13-10-16-8-11-17(21-3)12-9-16/h8-9,11-12,15,18-20H,4-7,10,13-14H2,1-3H3. The SMILES string of the molecule is CCCNC(CCc1ccc(OC)cc1)C1CCCC1C. The van der Waals surface area contributed by atoms with Crippen molar-refractivity contribution in [3.63, 3.8) is 0 Å². The van der Waals surface area contributed by atoms with E-state index in [0.29, 0.717) is 6.04 Å². The zero-order chi connectivity index (χ0) is 15.1. The Morgan fingerprint density at radius 2 is 2.00 bits per heavy atom. The van der Waals surface area contributed by atoms with Gasteiger partial charge in [-0.3, -0.25) is 0 Å². The second kappa shape index (κ2) is 8.43. The quantitative estimate of drug-likeness (QED) is 0.764. The van der Waals surface area contributed by atoms with Crippen LogP contribution in [0.1, 0.15) is 51.5 Å². The Bertz CT molecular complexity index is 401. The summed E-state index contributed by atoms with van der Waals surface area (Å²) in [5.74, 6) is 2.70. The molecular weight excluding hydrogens is 258 g/mol. The molecule has 0 radical (unpaired) electrons. The number of ether oxygens (including phenoxy) is 1. The molecule has 1 aliphatic rings. The average molecular weight is 289 g/mol. The molecule has 3 atom stereocenters. The van der Waals surface area contributed by atoms with Crippen molar-refractivity contribution in [2.24, 2.45) is 11.8 Å². The first-order chi connectivity index (χ1) is 10.2. The lowest BCUT2D eigenvalue weighted by atomic mass is 9.86. The highest BCUT2D eigenvalue weighted by Crippen LogP contribution is 2.35. The van der Waals surface area contributed by atoms with Gasteiger partial charge in [-0.05, 0) is 61.8 Å². The molecule has 21 heavy (non-hydrogen) atoms. The van der Waals surface area contributed by atoms with E-state index >= 15 is 0 Å². The number of nitrogens with one attached hydrogen (secondary N) is 1. The van der Waals surface area contributed by atoms with E-state index < -0.39 is 0 Å². The van der Waals surface area contributed by atoms with E-state index in [1.807, 2.05) is 0 Å². The molecule has 3 unspecified atom stereocenters. The van der Waals surface area contributed by atoms with Crippen LogP contribution in [-0.2, 0) is 6.42 Å². The Morgan fingerprint density at radius 1 is 1.24 bits per heavy atom. The minimum atomic E-state index is 0.685. The molecule has 0 aliphatic heterocycles. The van der Waals surface area contributed by atoms with E-state index in [-0.39, 0.29) is 0 Å². The monoisotopic (exact) mass is 289 g/mol. The fourth-order valence-electron chi connectivity index (χ4n) is 3.68. The van der Waals surface area contributed by atoms with Gasteiger partial charge < -0.3 is 10.1 Å². The molecule has 1 fully saturated rings. The van der Waals surface area contributed by atoms with E-state index in [1.165, 1.54) is 37.7 Å². The average Bonchev–Trinajstić information content (AvgIpc) is 2.94. The van der Waals surface area contributed by atoms with Crippen molar-refractivity contribution in [2.75, 3.05) is 13.7 Å². The molecule has 0 amide bonds. The third-order valence-corrected chi connectivity index (χ3v) is 5.00. The van der Waals surface area contributed by atoms with Crippen LogP contribution in [0.4, 0.5) is 0 Å². The van der Waals surface area contributed by atoms with Crippen molar-refractivity contribution in [2.45, 2.75) is 58.4 Å². The van der Waals surface area contributed by atoms with Crippen LogP contribution in [0.2, 0.25) is 0 Å². The van der Waals surface area contributed by atoms with Crippen LogP contribution in [0.25, 0.3) is 0 Å². The Hall–Kier alpha value is -1.02. The van der Waals surface area contributed by atoms with Gasteiger partial charge in [0.2, 0.25) is 0 Å². The summed E-state index contributed by atoms with van der Waals surface area (Å²) in [7, 11) is 1.72. The number of benzene rings is 1. The maximum Gasteiger partial charge on any atom is 0.118 e. The van der Waals surface area contributed by atoms with Crippen molar-refractivity contribution >= 4 is 0 Å². The van der Waals surface area contributed by atoms with Crippen molar-refractivity contribution in [1.29, 1.82) is 0 Å². The first kappa shape index (κ1) is 16.4. The first-order valence-corrected chi connectivity index (χ1v) is 8.61. The lowest BCUT2D eigenvalue weighted by molar-refractivity contribution is 0.284. The summed E-state index contributed by atoms with van der Waals surface area (Å²) in [5, 5.41) is 3.81. The molecule has 1 aliphatic carbocycles. The molecule has 1 saturated carbocycles. The van der Waals surface area contributed by atoms with Gasteiger partial charge in [0.05, 0.1) is 7.11 Å². The molecule has 2 heteroatoms. The van der Waals surface area contributed by atoms with Crippen molar-refractivity contribution in [3.8, 4) is 5.75 Å². The lowest BCUT2D eigenvalue weighted by Crippen LogP contribution is -2.38. The Kier molecular flexibility index (Phi) is 6.56. The molecule has 1 aromatic rings. The molecule has 2 nitrogen and oxygen atoms in total. The third kappa shape index (κ3) is 4.74.